The first-order valence-corrected chi connectivity index (χ1v) is 9.84. The van der Waals surface area contributed by atoms with E-state index in [-0.39, 0.29) is 18.9 Å². The number of esters is 1. The number of nitrogens with zero attached hydrogens (tertiary/aromatic N) is 1. The number of aryl methyl sites for hydroxylation is 1. The Hall–Kier alpha value is -3.06. The lowest BCUT2D eigenvalue weighted by atomic mass is 10.1. The topological polar surface area (TPSA) is 84.9 Å². The van der Waals surface area contributed by atoms with Gasteiger partial charge in [-0.05, 0) is 49.2 Å². The SMILES string of the molecule is COc1ccc(Cl)cc1NC(=O)COC(=O)[C@H]1CC(=O)N(c2cccc(C)c2C)C1. The summed E-state index contributed by atoms with van der Waals surface area (Å²) in [5, 5.41) is 3.03. The van der Waals surface area contributed by atoms with Crippen LogP contribution in [0.5, 0.6) is 5.75 Å². The van der Waals surface area contributed by atoms with Crippen molar-refractivity contribution in [3.8, 4) is 5.75 Å². The molecule has 1 aliphatic heterocycles. The first-order chi connectivity index (χ1) is 14.3. The van der Waals surface area contributed by atoms with E-state index in [9.17, 15) is 14.4 Å². The summed E-state index contributed by atoms with van der Waals surface area (Å²) in [7, 11) is 1.47. The van der Waals surface area contributed by atoms with E-state index in [4.69, 9.17) is 21.1 Å². The monoisotopic (exact) mass is 430 g/mol. The van der Waals surface area contributed by atoms with E-state index in [1.54, 1.807) is 17.0 Å². The number of anilines is 2. The summed E-state index contributed by atoms with van der Waals surface area (Å²) in [6.45, 7) is 3.67. The maximum Gasteiger partial charge on any atom is 0.311 e. The van der Waals surface area contributed by atoms with Crippen LogP contribution in [0.3, 0.4) is 0 Å². The Morgan fingerprint density at radius 1 is 1.23 bits per heavy atom. The predicted molar refractivity (Wildman–Crippen MR) is 114 cm³/mol. The first kappa shape index (κ1) is 21.6. The Kier molecular flexibility index (Phi) is 6.62. The Balaban J connectivity index is 1.58. The van der Waals surface area contributed by atoms with Crippen molar-refractivity contribution in [3.05, 3.63) is 52.5 Å². The van der Waals surface area contributed by atoms with Crippen molar-refractivity contribution < 1.29 is 23.9 Å². The molecule has 1 N–H and O–H groups in total. The summed E-state index contributed by atoms with van der Waals surface area (Å²) >= 11 is 5.94. The van der Waals surface area contributed by atoms with Gasteiger partial charge in [0, 0.05) is 23.7 Å². The maximum absolute atomic E-state index is 12.4. The van der Waals surface area contributed by atoms with Crippen LogP contribution in [0.1, 0.15) is 17.5 Å². The number of hydrogen-bond acceptors (Lipinski definition) is 5. The van der Waals surface area contributed by atoms with E-state index in [1.165, 1.54) is 13.2 Å². The molecule has 2 aromatic rings. The number of methoxy groups -OCH3 is 1. The summed E-state index contributed by atoms with van der Waals surface area (Å²) in [6.07, 6.45) is 0.0515. The third-order valence-electron chi connectivity index (χ3n) is 5.11. The minimum Gasteiger partial charge on any atom is -0.495 e. The molecule has 0 unspecified atom stereocenters. The molecule has 0 radical (unpaired) electrons. The molecule has 1 fully saturated rings. The van der Waals surface area contributed by atoms with Crippen molar-refractivity contribution >= 4 is 40.8 Å². The number of rotatable bonds is 6. The second kappa shape index (κ2) is 9.17. The van der Waals surface area contributed by atoms with Crippen LogP contribution in [0.25, 0.3) is 0 Å². The number of carbonyl (C=O) groups excluding carboxylic acids is 3. The van der Waals surface area contributed by atoms with Crippen LogP contribution in [0.15, 0.2) is 36.4 Å². The third-order valence-corrected chi connectivity index (χ3v) is 5.34. The van der Waals surface area contributed by atoms with Crippen LogP contribution in [0, 0.1) is 19.8 Å². The summed E-state index contributed by atoms with van der Waals surface area (Å²) in [5.74, 6) is -1.43. The minimum absolute atomic E-state index is 0.0515. The van der Waals surface area contributed by atoms with Gasteiger partial charge in [-0.1, -0.05) is 23.7 Å². The zero-order valence-corrected chi connectivity index (χ0v) is 17.8. The fourth-order valence-electron chi connectivity index (χ4n) is 3.35. The molecule has 1 saturated heterocycles. The van der Waals surface area contributed by atoms with E-state index in [2.05, 4.69) is 5.32 Å². The van der Waals surface area contributed by atoms with E-state index in [0.29, 0.717) is 16.5 Å². The number of hydrogen-bond donors (Lipinski definition) is 1. The van der Waals surface area contributed by atoms with Gasteiger partial charge in [-0.15, -0.1) is 0 Å². The molecule has 8 heteroatoms. The quantitative estimate of drug-likeness (QED) is 0.709. The molecule has 0 saturated carbocycles. The number of amides is 2. The smallest absolute Gasteiger partial charge is 0.311 e. The molecule has 0 spiro atoms. The standard InChI is InChI=1S/C22H23ClN2O5/c1-13-5-4-6-18(14(13)2)25-11-15(9-21(25)27)22(28)30-12-20(26)24-17-10-16(23)7-8-19(17)29-3/h4-8,10,15H,9,11-12H2,1-3H3,(H,24,26)/t15-/m0/s1. The average Bonchev–Trinajstić information content (AvgIpc) is 3.10. The van der Waals surface area contributed by atoms with Gasteiger partial charge in [-0.3, -0.25) is 14.4 Å². The largest absolute Gasteiger partial charge is 0.495 e. The molecule has 3 rings (SSSR count). The molecule has 7 nitrogen and oxygen atoms in total. The highest BCUT2D eigenvalue weighted by Crippen LogP contribution is 2.30. The van der Waals surface area contributed by atoms with Crippen LogP contribution in [-0.2, 0) is 19.1 Å². The normalized spacial score (nSPS) is 15.8. The molecule has 1 heterocycles. The van der Waals surface area contributed by atoms with E-state index >= 15 is 0 Å². The number of ether oxygens (including phenoxy) is 2. The van der Waals surface area contributed by atoms with Gasteiger partial charge in [-0.2, -0.15) is 0 Å². The number of halogens is 1. The second-order valence-corrected chi connectivity index (χ2v) is 7.56. The third kappa shape index (κ3) is 4.74. The van der Waals surface area contributed by atoms with E-state index in [1.807, 2.05) is 32.0 Å². The summed E-state index contributed by atoms with van der Waals surface area (Å²) in [5.41, 5.74) is 3.23. The zero-order valence-electron chi connectivity index (χ0n) is 17.0. The molecule has 1 aliphatic rings. The summed E-state index contributed by atoms with van der Waals surface area (Å²) < 4.78 is 10.3. The first-order valence-electron chi connectivity index (χ1n) is 9.46. The number of benzene rings is 2. The molecule has 1 atom stereocenters. The van der Waals surface area contributed by atoms with Crippen molar-refractivity contribution in [2.45, 2.75) is 20.3 Å². The molecule has 0 bridgehead atoms. The van der Waals surface area contributed by atoms with E-state index in [0.717, 1.165) is 16.8 Å². The van der Waals surface area contributed by atoms with Gasteiger partial charge in [0.05, 0.1) is 18.7 Å². The molecule has 2 amide bonds. The molecule has 30 heavy (non-hydrogen) atoms. The second-order valence-electron chi connectivity index (χ2n) is 7.12. The van der Waals surface area contributed by atoms with Crippen LogP contribution in [-0.4, -0.2) is 38.0 Å². The summed E-state index contributed by atoms with van der Waals surface area (Å²) in [6, 6.07) is 10.5. The van der Waals surface area contributed by atoms with Gasteiger partial charge < -0.3 is 19.7 Å². The Morgan fingerprint density at radius 2 is 2.00 bits per heavy atom. The van der Waals surface area contributed by atoms with Gasteiger partial charge >= 0.3 is 5.97 Å². The molecule has 2 aromatic carbocycles. The highest BCUT2D eigenvalue weighted by molar-refractivity contribution is 6.31. The minimum atomic E-state index is -0.620. The fraction of sp³-hybridized carbons (Fsp3) is 0.318. The lowest BCUT2D eigenvalue weighted by molar-refractivity contribution is -0.151. The van der Waals surface area contributed by atoms with Crippen molar-refractivity contribution in [3.63, 3.8) is 0 Å². The van der Waals surface area contributed by atoms with Crippen LogP contribution < -0.4 is 15.0 Å². The summed E-state index contributed by atoms with van der Waals surface area (Å²) in [4.78, 5) is 38.7. The molecule has 0 aromatic heterocycles. The van der Waals surface area contributed by atoms with Gasteiger partial charge in [0.2, 0.25) is 5.91 Å². The van der Waals surface area contributed by atoms with Gasteiger partial charge in [-0.25, -0.2) is 0 Å². The van der Waals surface area contributed by atoms with Crippen molar-refractivity contribution in [1.29, 1.82) is 0 Å². The van der Waals surface area contributed by atoms with Gasteiger partial charge in [0.25, 0.3) is 5.91 Å². The average molecular weight is 431 g/mol. The Morgan fingerprint density at radius 3 is 2.73 bits per heavy atom. The number of carbonyl (C=O) groups is 3. The highest BCUT2D eigenvalue weighted by atomic mass is 35.5. The Labute approximate surface area is 179 Å². The van der Waals surface area contributed by atoms with Gasteiger partial charge in [0.15, 0.2) is 6.61 Å². The zero-order chi connectivity index (χ0) is 21.8. The van der Waals surface area contributed by atoms with Gasteiger partial charge in [0.1, 0.15) is 5.75 Å². The predicted octanol–water partition coefficient (Wildman–Crippen LogP) is 3.50. The van der Waals surface area contributed by atoms with Crippen molar-refractivity contribution in [1.82, 2.24) is 0 Å². The maximum atomic E-state index is 12.4. The van der Waals surface area contributed by atoms with E-state index < -0.39 is 24.4 Å². The fourth-order valence-corrected chi connectivity index (χ4v) is 3.52. The van der Waals surface area contributed by atoms with Crippen molar-refractivity contribution in [2.24, 2.45) is 5.92 Å². The van der Waals surface area contributed by atoms with Crippen LogP contribution in [0.4, 0.5) is 11.4 Å². The Bertz CT molecular complexity index is 991. The lowest BCUT2D eigenvalue weighted by Gasteiger charge is -2.20. The number of nitrogens with one attached hydrogen (secondary N) is 1. The highest BCUT2D eigenvalue weighted by Gasteiger charge is 2.37. The van der Waals surface area contributed by atoms with Crippen LogP contribution in [0.2, 0.25) is 5.02 Å². The lowest BCUT2D eigenvalue weighted by Crippen LogP contribution is -2.28. The van der Waals surface area contributed by atoms with Crippen molar-refractivity contribution in [2.75, 3.05) is 30.5 Å². The molecule has 158 valence electrons. The molecular formula is C22H23ClN2O5. The molecular weight excluding hydrogens is 408 g/mol. The molecule has 0 aliphatic carbocycles. The van der Waals surface area contributed by atoms with Crippen LogP contribution >= 0.6 is 11.6 Å².